The first-order valence-electron chi connectivity index (χ1n) is 9.60. The molecule has 6 fully saturated rings. The van der Waals surface area contributed by atoms with E-state index in [2.05, 4.69) is 20.8 Å². The van der Waals surface area contributed by atoms with Crippen molar-refractivity contribution in [2.45, 2.75) is 71.8 Å². The first-order valence-corrected chi connectivity index (χ1v) is 9.60. The Kier molecular flexibility index (Phi) is 2.45. The summed E-state index contributed by atoms with van der Waals surface area (Å²) < 4.78 is 0. The fraction of sp³-hybridized carbons (Fsp3) is 1.00. The van der Waals surface area contributed by atoms with Crippen LogP contribution < -0.4 is 0 Å². The maximum atomic E-state index is 11.3. The Morgan fingerprint density at radius 2 is 1.82 bits per heavy atom. The molecule has 0 aromatic rings. The van der Waals surface area contributed by atoms with Crippen LogP contribution in [0.5, 0.6) is 0 Å². The normalized spacial score (nSPS) is 68.3. The maximum Gasteiger partial charge on any atom is 0.0615 e. The SMILES string of the molecule is C[C@@]1(CO)CCC[C@]2(C)[C@@H]1CC[C@@]13C[C@H]4[C@@H]([C@@H](O)[C@H]12)[C@@]4(C)C3. The van der Waals surface area contributed by atoms with Crippen LogP contribution in [-0.4, -0.2) is 22.9 Å². The van der Waals surface area contributed by atoms with E-state index in [1.54, 1.807) is 0 Å². The molecule has 0 heterocycles. The quantitative estimate of drug-likeness (QED) is 0.777. The van der Waals surface area contributed by atoms with Crippen molar-refractivity contribution >= 4 is 0 Å². The van der Waals surface area contributed by atoms with Crippen LogP contribution in [0.15, 0.2) is 0 Å². The van der Waals surface area contributed by atoms with Crippen molar-refractivity contribution in [3.63, 3.8) is 0 Å². The molecule has 0 amide bonds. The summed E-state index contributed by atoms with van der Waals surface area (Å²) in [6.07, 6.45) is 8.98. The molecule has 1 spiro atoms. The minimum absolute atomic E-state index is 0.0636. The lowest BCUT2D eigenvalue weighted by Gasteiger charge is -2.66. The van der Waals surface area contributed by atoms with Crippen LogP contribution >= 0.6 is 0 Å². The van der Waals surface area contributed by atoms with E-state index in [1.165, 1.54) is 44.9 Å². The maximum absolute atomic E-state index is 11.3. The molecule has 2 nitrogen and oxygen atoms in total. The van der Waals surface area contributed by atoms with E-state index in [1.807, 2.05) is 0 Å². The Bertz CT molecular complexity index is 532. The van der Waals surface area contributed by atoms with Crippen molar-refractivity contribution < 1.29 is 10.2 Å². The van der Waals surface area contributed by atoms with Crippen LogP contribution in [0.4, 0.5) is 0 Å². The fourth-order valence-corrected chi connectivity index (χ4v) is 9.14. The Labute approximate surface area is 134 Å². The first kappa shape index (κ1) is 14.3. The number of fused-ring (bicyclic) bond motifs is 1. The molecule has 6 rings (SSSR count). The lowest BCUT2D eigenvalue weighted by Crippen LogP contribution is -2.62. The van der Waals surface area contributed by atoms with Gasteiger partial charge in [-0.05, 0) is 83.9 Å². The molecule has 6 saturated carbocycles. The predicted octanol–water partition coefficient (Wildman–Crippen LogP) is 3.61. The molecule has 124 valence electrons. The highest BCUT2D eigenvalue weighted by Crippen LogP contribution is 2.85. The van der Waals surface area contributed by atoms with Crippen LogP contribution in [0.2, 0.25) is 0 Å². The fourth-order valence-electron chi connectivity index (χ4n) is 9.14. The minimum Gasteiger partial charge on any atom is -0.396 e. The lowest BCUT2D eigenvalue weighted by atomic mass is 9.39. The lowest BCUT2D eigenvalue weighted by molar-refractivity contribution is -0.212. The molecule has 0 aromatic heterocycles. The van der Waals surface area contributed by atoms with Crippen LogP contribution in [-0.2, 0) is 0 Å². The third-order valence-corrected chi connectivity index (χ3v) is 9.76. The zero-order valence-electron chi connectivity index (χ0n) is 14.4. The molecule has 0 unspecified atom stereocenters. The van der Waals surface area contributed by atoms with E-state index in [0.717, 1.165) is 5.92 Å². The molecule has 0 radical (unpaired) electrons. The van der Waals surface area contributed by atoms with Crippen LogP contribution in [0, 0.1) is 45.3 Å². The average Bonchev–Trinajstić information content (AvgIpc) is 2.92. The van der Waals surface area contributed by atoms with Gasteiger partial charge in [0.25, 0.3) is 0 Å². The summed E-state index contributed by atoms with van der Waals surface area (Å²) in [4.78, 5) is 0. The second kappa shape index (κ2) is 3.77. The Morgan fingerprint density at radius 3 is 2.45 bits per heavy atom. The third-order valence-electron chi connectivity index (χ3n) is 9.76. The van der Waals surface area contributed by atoms with Crippen molar-refractivity contribution in [2.24, 2.45) is 45.3 Å². The summed E-state index contributed by atoms with van der Waals surface area (Å²) >= 11 is 0. The van der Waals surface area contributed by atoms with E-state index in [-0.39, 0.29) is 16.9 Å². The van der Waals surface area contributed by atoms with Gasteiger partial charge in [0, 0.05) is 6.61 Å². The summed E-state index contributed by atoms with van der Waals surface area (Å²) in [7, 11) is 0. The molecule has 2 N–H and O–H groups in total. The van der Waals surface area contributed by atoms with Gasteiger partial charge in [-0.15, -0.1) is 0 Å². The molecule has 2 heteroatoms. The molecule has 6 aliphatic carbocycles. The zero-order chi connectivity index (χ0) is 15.5. The van der Waals surface area contributed by atoms with Gasteiger partial charge in [-0.1, -0.05) is 27.2 Å². The van der Waals surface area contributed by atoms with Crippen LogP contribution in [0.1, 0.15) is 65.7 Å². The van der Waals surface area contributed by atoms with E-state index in [0.29, 0.717) is 35.2 Å². The third kappa shape index (κ3) is 1.30. The van der Waals surface area contributed by atoms with E-state index in [9.17, 15) is 10.2 Å². The minimum atomic E-state index is -0.0636. The van der Waals surface area contributed by atoms with Crippen molar-refractivity contribution in [3.05, 3.63) is 0 Å². The van der Waals surface area contributed by atoms with E-state index < -0.39 is 0 Å². The van der Waals surface area contributed by atoms with Gasteiger partial charge in [0.05, 0.1) is 6.10 Å². The first-order chi connectivity index (χ1) is 10.3. The Morgan fingerprint density at radius 1 is 1.05 bits per heavy atom. The zero-order valence-corrected chi connectivity index (χ0v) is 14.4. The van der Waals surface area contributed by atoms with Crippen LogP contribution in [0.25, 0.3) is 0 Å². The summed E-state index contributed by atoms with van der Waals surface area (Å²) in [5.74, 6) is 2.52. The van der Waals surface area contributed by atoms with Gasteiger partial charge in [-0.25, -0.2) is 0 Å². The Hall–Kier alpha value is -0.0800. The van der Waals surface area contributed by atoms with Crippen molar-refractivity contribution in [1.29, 1.82) is 0 Å². The van der Waals surface area contributed by atoms with Gasteiger partial charge in [0.2, 0.25) is 0 Å². The standard InChI is InChI=1S/C20H32O2/c1-17(11-21)6-4-7-18(2)13(17)5-8-20-9-12-14(15(22)16(18)20)19(12,3)10-20/h12-16,21-22H,4-11H2,1-3H3/t12-,13+,14-,15+,16-,17-,18+,19-,20-/m0/s1. The monoisotopic (exact) mass is 304 g/mol. The number of hydrogen-bond acceptors (Lipinski definition) is 2. The molecule has 9 atom stereocenters. The van der Waals surface area contributed by atoms with Gasteiger partial charge in [0.1, 0.15) is 0 Å². The van der Waals surface area contributed by atoms with Crippen LogP contribution in [0.3, 0.4) is 0 Å². The largest absolute Gasteiger partial charge is 0.396 e. The summed E-state index contributed by atoms with van der Waals surface area (Å²) in [5, 5.41) is 21.3. The van der Waals surface area contributed by atoms with Gasteiger partial charge < -0.3 is 10.2 Å². The van der Waals surface area contributed by atoms with E-state index >= 15 is 0 Å². The second-order valence-corrected chi connectivity index (χ2v) is 10.6. The van der Waals surface area contributed by atoms with Gasteiger partial charge in [0.15, 0.2) is 0 Å². The summed E-state index contributed by atoms with van der Waals surface area (Å²) in [6, 6.07) is 0. The Balaban J connectivity index is 1.59. The van der Waals surface area contributed by atoms with Crippen molar-refractivity contribution in [1.82, 2.24) is 0 Å². The highest BCUT2D eigenvalue weighted by Gasteiger charge is 2.81. The van der Waals surface area contributed by atoms with Crippen molar-refractivity contribution in [2.75, 3.05) is 6.61 Å². The molecule has 6 aliphatic rings. The van der Waals surface area contributed by atoms with Gasteiger partial charge in [-0.3, -0.25) is 0 Å². The molecule has 22 heavy (non-hydrogen) atoms. The van der Waals surface area contributed by atoms with Gasteiger partial charge in [-0.2, -0.15) is 0 Å². The van der Waals surface area contributed by atoms with Gasteiger partial charge >= 0.3 is 0 Å². The molecule has 4 bridgehead atoms. The molecule has 0 saturated heterocycles. The number of aliphatic hydroxyl groups excluding tert-OH is 2. The van der Waals surface area contributed by atoms with Crippen molar-refractivity contribution in [3.8, 4) is 0 Å². The van der Waals surface area contributed by atoms with E-state index in [4.69, 9.17) is 0 Å². The molecular formula is C20H32O2. The summed E-state index contributed by atoms with van der Waals surface area (Å²) in [5.41, 5.74) is 1.25. The number of aliphatic hydroxyl groups is 2. The number of hydrogen-bond donors (Lipinski definition) is 2. The molecular weight excluding hydrogens is 272 g/mol. The predicted molar refractivity (Wildman–Crippen MR) is 86.1 cm³/mol. The highest BCUT2D eigenvalue weighted by atomic mass is 16.3. The average molecular weight is 304 g/mol. The molecule has 0 aliphatic heterocycles. The second-order valence-electron chi connectivity index (χ2n) is 10.6. The number of rotatable bonds is 1. The smallest absolute Gasteiger partial charge is 0.0615 e. The molecule has 0 aromatic carbocycles. The topological polar surface area (TPSA) is 40.5 Å². The highest BCUT2D eigenvalue weighted by molar-refractivity contribution is 5.29. The summed E-state index contributed by atoms with van der Waals surface area (Å²) in [6.45, 7) is 7.57.